The molecule has 1 nitrogen and oxygen atoms in total. The summed E-state index contributed by atoms with van der Waals surface area (Å²) in [5, 5.41) is 5.40. The van der Waals surface area contributed by atoms with E-state index >= 15 is 0 Å². The van der Waals surface area contributed by atoms with Crippen LogP contribution in [0.5, 0.6) is 0 Å². The van der Waals surface area contributed by atoms with Gasteiger partial charge in [0.05, 0.1) is 10.0 Å². The van der Waals surface area contributed by atoms with Crippen molar-refractivity contribution >= 4 is 34.8 Å². The van der Waals surface area contributed by atoms with Crippen LogP contribution < -0.4 is 5.32 Å². The van der Waals surface area contributed by atoms with E-state index in [1.165, 1.54) is 12.8 Å². The maximum Gasteiger partial charge on any atom is 0.0670 e. The molecule has 0 atom stereocenters. The molecule has 1 aliphatic rings. The standard InChI is InChI=1S/C16H14Cl3N/c17-14-7-4-10(8-11(14)9-20-12-5-6-12)13-2-1-3-15(18)16(13)19/h1-4,7-8,12,20H,5-6,9H2. The third kappa shape index (κ3) is 3.12. The first-order chi connectivity index (χ1) is 9.65. The number of hydrogen-bond acceptors (Lipinski definition) is 1. The average molecular weight is 327 g/mol. The van der Waals surface area contributed by atoms with Crippen LogP contribution in [0.15, 0.2) is 36.4 Å². The topological polar surface area (TPSA) is 12.0 Å². The minimum atomic E-state index is 0.566. The van der Waals surface area contributed by atoms with Crippen molar-refractivity contribution in [2.75, 3.05) is 0 Å². The fraction of sp³-hybridized carbons (Fsp3) is 0.250. The lowest BCUT2D eigenvalue weighted by atomic mass is 10.0. The first-order valence-electron chi connectivity index (χ1n) is 6.61. The molecule has 1 N–H and O–H groups in total. The number of halogens is 3. The van der Waals surface area contributed by atoms with E-state index in [-0.39, 0.29) is 0 Å². The van der Waals surface area contributed by atoms with Gasteiger partial charge in [0.1, 0.15) is 0 Å². The molecule has 0 heterocycles. The van der Waals surface area contributed by atoms with Crippen molar-refractivity contribution in [2.45, 2.75) is 25.4 Å². The van der Waals surface area contributed by atoms with Crippen molar-refractivity contribution in [1.29, 1.82) is 0 Å². The lowest BCUT2D eigenvalue weighted by Gasteiger charge is -2.10. The molecule has 2 aromatic rings. The van der Waals surface area contributed by atoms with Gasteiger partial charge in [-0.2, -0.15) is 0 Å². The number of nitrogens with one attached hydrogen (secondary N) is 1. The zero-order chi connectivity index (χ0) is 14.1. The quantitative estimate of drug-likeness (QED) is 0.775. The van der Waals surface area contributed by atoms with E-state index in [9.17, 15) is 0 Å². The van der Waals surface area contributed by atoms with Crippen molar-refractivity contribution in [3.05, 3.63) is 57.0 Å². The molecule has 0 saturated heterocycles. The molecule has 0 radical (unpaired) electrons. The molecule has 0 aromatic heterocycles. The molecule has 0 unspecified atom stereocenters. The SMILES string of the molecule is Clc1ccc(-c2cccc(Cl)c2Cl)cc1CNC1CC1. The summed E-state index contributed by atoms with van der Waals surface area (Å²) in [6.07, 6.45) is 2.52. The molecule has 1 fully saturated rings. The molecule has 4 heteroatoms. The summed E-state index contributed by atoms with van der Waals surface area (Å²) in [7, 11) is 0. The van der Waals surface area contributed by atoms with E-state index < -0.39 is 0 Å². The van der Waals surface area contributed by atoms with Crippen LogP contribution in [0, 0.1) is 0 Å². The van der Waals surface area contributed by atoms with Crippen LogP contribution in [0.25, 0.3) is 11.1 Å². The molecule has 0 spiro atoms. The van der Waals surface area contributed by atoms with Gasteiger partial charge in [-0.1, -0.05) is 53.0 Å². The highest BCUT2D eigenvalue weighted by Gasteiger charge is 2.20. The third-order valence-corrected chi connectivity index (χ3v) is 4.65. The molecular formula is C16H14Cl3N. The Morgan fingerprint density at radius 1 is 1.00 bits per heavy atom. The van der Waals surface area contributed by atoms with Crippen LogP contribution in [-0.4, -0.2) is 6.04 Å². The summed E-state index contributed by atoms with van der Waals surface area (Å²) < 4.78 is 0. The van der Waals surface area contributed by atoms with Crippen LogP contribution in [0.4, 0.5) is 0 Å². The second-order valence-corrected chi connectivity index (χ2v) is 6.26. The van der Waals surface area contributed by atoms with Crippen LogP contribution in [0.3, 0.4) is 0 Å². The smallest absolute Gasteiger partial charge is 0.0670 e. The van der Waals surface area contributed by atoms with Crippen molar-refractivity contribution in [3.63, 3.8) is 0 Å². The first kappa shape index (κ1) is 14.2. The summed E-state index contributed by atoms with van der Waals surface area (Å²) in [5.74, 6) is 0. The van der Waals surface area contributed by atoms with Crippen molar-refractivity contribution in [1.82, 2.24) is 5.32 Å². The highest BCUT2D eigenvalue weighted by atomic mass is 35.5. The second kappa shape index (κ2) is 5.95. The Morgan fingerprint density at radius 2 is 1.80 bits per heavy atom. The maximum atomic E-state index is 6.28. The molecule has 1 aliphatic carbocycles. The number of benzene rings is 2. The van der Waals surface area contributed by atoms with Gasteiger partial charge in [-0.05, 0) is 42.2 Å². The van der Waals surface area contributed by atoms with Gasteiger partial charge < -0.3 is 5.32 Å². The van der Waals surface area contributed by atoms with Gasteiger partial charge in [-0.3, -0.25) is 0 Å². The van der Waals surface area contributed by atoms with Gasteiger partial charge in [0, 0.05) is 23.2 Å². The lowest BCUT2D eigenvalue weighted by Crippen LogP contribution is -2.15. The Kier molecular flexibility index (Phi) is 4.23. The fourth-order valence-corrected chi connectivity index (χ4v) is 2.74. The minimum Gasteiger partial charge on any atom is -0.310 e. The van der Waals surface area contributed by atoms with Crippen LogP contribution in [-0.2, 0) is 6.54 Å². The largest absolute Gasteiger partial charge is 0.310 e. The zero-order valence-electron chi connectivity index (χ0n) is 10.8. The van der Waals surface area contributed by atoms with Crippen LogP contribution in [0.2, 0.25) is 15.1 Å². The third-order valence-electron chi connectivity index (χ3n) is 3.47. The molecule has 20 heavy (non-hydrogen) atoms. The molecule has 2 aromatic carbocycles. The zero-order valence-corrected chi connectivity index (χ0v) is 13.1. The van der Waals surface area contributed by atoms with Crippen LogP contribution in [0.1, 0.15) is 18.4 Å². The Hall–Kier alpha value is -0.730. The number of hydrogen-bond donors (Lipinski definition) is 1. The van der Waals surface area contributed by atoms with Gasteiger partial charge in [-0.25, -0.2) is 0 Å². The molecule has 0 bridgehead atoms. The fourth-order valence-electron chi connectivity index (χ4n) is 2.15. The van der Waals surface area contributed by atoms with E-state index in [4.69, 9.17) is 34.8 Å². The molecular weight excluding hydrogens is 313 g/mol. The monoisotopic (exact) mass is 325 g/mol. The van der Waals surface area contributed by atoms with Gasteiger partial charge >= 0.3 is 0 Å². The maximum absolute atomic E-state index is 6.28. The Balaban J connectivity index is 1.92. The highest BCUT2D eigenvalue weighted by molar-refractivity contribution is 6.43. The van der Waals surface area contributed by atoms with E-state index in [1.54, 1.807) is 6.07 Å². The van der Waals surface area contributed by atoms with Crippen molar-refractivity contribution in [3.8, 4) is 11.1 Å². The Bertz CT molecular complexity index is 636. The molecule has 0 amide bonds. The van der Waals surface area contributed by atoms with Crippen LogP contribution >= 0.6 is 34.8 Å². The van der Waals surface area contributed by atoms with E-state index in [0.717, 1.165) is 28.3 Å². The second-order valence-electron chi connectivity index (χ2n) is 5.06. The van der Waals surface area contributed by atoms with E-state index in [1.807, 2.05) is 24.3 Å². The highest BCUT2D eigenvalue weighted by Crippen LogP contribution is 2.35. The van der Waals surface area contributed by atoms with Gasteiger partial charge in [0.25, 0.3) is 0 Å². The average Bonchev–Trinajstić information content (AvgIpc) is 3.25. The van der Waals surface area contributed by atoms with Gasteiger partial charge in [-0.15, -0.1) is 0 Å². The molecule has 0 aliphatic heterocycles. The van der Waals surface area contributed by atoms with Crippen molar-refractivity contribution < 1.29 is 0 Å². The lowest BCUT2D eigenvalue weighted by molar-refractivity contribution is 0.688. The van der Waals surface area contributed by atoms with Gasteiger partial charge in [0.2, 0.25) is 0 Å². The first-order valence-corrected chi connectivity index (χ1v) is 7.75. The minimum absolute atomic E-state index is 0.566. The summed E-state index contributed by atoms with van der Waals surface area (Å²) in [6, 6.07) is 12.3. The summed E-state index contributed by atoms with van der Waals surface area (Å²) in [6.45, 7) is 0.787. The van der Waals surface area contributed by atoms with Crippen molar-refractivity contribution in [2.24, 2.45) is 0 Å². The van der Waals surface area contributed by atoms with E-state index in [2.05, 4.69) is 11.4 Å². The summed E-state index contributed by atoms with van der Waals surface area (Å²) >= 11 is 18.6. The molecule has 104 valence electrons. The van der Waals surface area contributed by atoms with Gasteiger partial charge in [0.15, 0.2) is 0 Å². The number of rotatable bonds is 4. The summed E-state index contributed by atoms with van der Waals surface area (Å²) in [5.41, 5.74) is 3.06. The predicted molar refractivity (Wildman–Crippen MR) is 86.8 cm³/mol. The molecule has 1 saturated carbocycles. The Morgan fingerprint density at radius 3 is 2.55 bits per heavy atom. The summed E-state index contributed by atoms with van der Waals surface area (Å²) in [4.78, 5) is 0. The molecule has 3 rings (SSSR count). The Labute approximate surface area is 133 Å². The normalized spacial score (nSPS) is 14.6. The predicted octanol–water partition coefficient (Wildman–Crippen LogP) is 5.57. The van der Waals surface area contributed by atoms with E-state index in [0.29, 0.717) is 16.1 Å².